The second-order valence-electron chi connectivity index (χ2n) is 7.63. The molecule has 6 nitrogen and oxygen atoms in total. The fraction of sp³-hybridized carbons (Fsp3) is 0.348. The van der Waals surface area contributed by atoms with E-state index >= 15 is 0 Å². The number of hydrogen-bond acceptors (Lipinski definition) is 5. The Morgan fingerprint density at radius 3 is 2.47 bits per heavy atom. The average Bonchev–Trinajstić information content (AvgIpc) is 3.11. The van der Waals surface area contributed by atoms with Crippen LogP contribution in [-0.4, -0.2) is 33.4 Å². The number of amides is 1. The molecule has 3 rings (SSSR count). The minimum atomic E-state index is -0.915. The molecule has 1 heterocycles. The minimum absolute atomic E-state index is 0.00692. The minimum Gasteiger partial charge on any atom is -0.497 e. The van der Waals surface area contributed by atoms with Crippen molar-refractivity contribution in [3.8, 4) is 17.5 Å². The van der Waals surface area contributed by atoms with Crippen LogP contribution in [0.2, 0.25) is 0 Å². The Hall–Kier alpha value is -2.98. The first kappa shape index (κ1) is 21.7. The van der Waals surface area contributed by atoms with Gasteiger partial charge >= 0.3 is 0 Å². The van der Waals surface area contributed by atoms with E-state index in [4.69, 9.17) is 9.72 Å². The maximum atomic E-state index is 12.8. The van der Waals surface area contributed by atoms with Crippen LogP contribution in [0.4, 0.5) is 0 Å². The number of thioether (sulfide) groups is 1. The fourth-order valence-electron chi connectivity index (χ4n) is 2.93. The highest BCUT2D eigenvalue weighted by molar-refractivity contribution is 8.00. The molecule has 1 amide bonds. The summed E-state index contributed by atoms with van der Waals surface area (Å²) in [6.45, 7) is 7.42. The van der Waals surface area contributed by atoms with Gasteiger partial charge < -0.3 is 10.1 Å². The van der Waals surface area contributed by atoms with E-state index in [2.05, 4.69) is 11.4 Å². The van der Waals surface area contributed by atoms with E-state index < -0.39 is 10.8 Å². The van der Waals surface area contributed by atoms with E-state index in [1.807, 2.05) is 73.9 Å². The molecule has 7 heteroatoms. The molecule has 0 aliphatic carbocycles. The summed E-state index contributed by atoms with van der Waals surface area (Å²) < 4.78 is 7.30. The summed E-state index contributed by atoms with van der Waals surface area (Å²) in [5, 5.41) is 12.7. The highest BCUT2D eigenvalue weighted by Gasteiger charge is 2.32. The lowest BCUT2D eigenvalue weighted by Crippen LogP contribution is -2.51. The van der Waals surface area contributed by atoms with Crippen molar-refractivity contribution in [2.24, 2.45) is 5.92 Å². The van der Waals surface area contributed by atoms with Crippen molar-refractivity contribution in [2.45, 2.75) is 43.6 Å². The molecule has 0 aliphatic rings. The Morgan fingerprint density at radius 2 is 1.87 bits per heavy atom. The number of nitrogens with one attached hydrogen (secondary N) is 1. The number of imidazole rings is 1. The molecule has 0 aliphatic heterocycles. The lowest BCUT2D eigenvalue weighted by Gasteiger charge is -2.28. The monoisotopic (exact) mass is 422 g/mol. The van der Waals surface area contributed by atoms with Gasteiger partial charge in [-0.15, -0.1) is 0 Å². The predicted molar refractivity (Wildman–Crippen MR) is 120 cm³/mol. The zero-order valence-electron chi connectivity index (χ0n) is 17.8. The van der Waals surface area contributed by atoms with Gasteiger partial charge in [-0.2, -0.15) is 5.26 Å². The highest BCUT2D eigenvalue weighted by atomic mass is 32.2. The van der Waals surface area contributed by atoms with Crippen LogP contribution >= 0.6 is 11.8 Å². The van der Waals surface area contributed by atoms with Crippen molar-refractivity contribution in [1.82, 2.24) is 14.9 Å². The molecule has 3 aromatic rings. The summed E-state index contributed by atoms with van der Waals surface area (Å²) in [6, 6.07) is 17.8. The largest absolute Gasteiger partial charge is 0.497 e. The van der Waals surface area contributed by atoms with E-state index in [0.29, 0.717) is 5.16 Å². The van der Waals surface area contributed by atoms with Gasteiger partial charge in [-0.25, -0.2) is 4.98 Å². The number of para-hydroxylation sites is 2. The van der Waals surface area contributed by atoms with Crippen LogP contribution in [0.3, 0.4) is 0 Å². The second kappa shape index (κ2) is 8.80. The molecule has 2 aromatic carbocycles. The fourth-order valence-corrected chi connectivity index (χ4v) is 3.88. The van der Waals surface area contributed by atoms with Gasteiger partial charge in [0.25, 0.3) is 0 Å². The van der Waals surface area contributed by atoms with Gasteiger partial charge in [0.05, 0.1) is 29.5 Å². The van der Waals surface area contributed by atoms with Gasteiger partial charge in [0.2, 0.25) is 5.91 Å². The predicted octanol–water partition coefficient (Wildman–Crippen LogP) is 4.57. The summed E-state index contributed by atoms with van der Waals surface area (Å²) in [5.41, 5.74) is 1.83. The molecule has 1 aromatic heterocycles. The van der Waals surface area contributed by atoms with E-state index in [1.54, 1.807) is 14.0 Å². The zero-order chi connectivity index (χ0) is 21.9. The lowest BCUT2D eigenvalue weighted by atomic mass is 9.90. The molecule has 30 heavy (non-hydrogen) atoms. The molecule has 0 saturated heterocycles. The second-order valence-corrected chi connectivity index (χ2v) is 8.94. The summed E-state index contributed by atoms with van der Waals surface area (Å²) in [4.78, 5) is 17.6. The number of fused-ring (bicyclic) bond motifs is 1. The van der Waals surface area contributed by atoms with E-state index in [9.17, 15) is 10.1 Å². The Kier molecular flexibility index (Phi) is 6.37. The quantitative estimate of drug-likeness (QED) is 0.564. The van der Waals surface area contributed by atoms with Crippen LogP contribution in [0.5, 0.6) is 5.75 Å². The molecule has 0 saturated carbocycles. The van der Waals surface area contributed by atoms with Gasteiger partial charge in [0.15, 0.2) is 5.16 Å². The van der Waals surface area contributed by atoms with E-state index in [1.165, 1.54) is 11.8 Å². The molecule has 0 bridgehead atoms. The first-order valence-corrected chi connectivity index (χ1v) is 10.7. The summed E-state index contributed by atoms with van der Waals surface area (Å²) in [7, 11) is 1.63. The van der Waals surface area contributed by atoms with Crippen molar-refractivity contribution >= 4 is 28.7 Å². The van der Waals surface area contributed by atoms with Crippen molar-refractivity contribution < 1.29 is 9.53 Å². The number of carbonyl (C=O) groups excluding carboxylic acids is 1. The standard InChI is InChI=1S/C23H26N4O2S/c1-15(2)23(4,14-24)26-21(28)16(3)30-22-25-19-8-6-7-9-20(19)27(22)17-10-12-18(29-5)13-11-17/h6-13,15-16H,1-5H3,(H,26,28). The summed E-state index contributed by atoms with van der Waals surface area (Å²) in [6.07, 6.45) is 0. The number of methoxy groups -OCH3 is 1. The average molecular weight is 423 g/mol. The van der Waals surface area contributed by atoms with Crippen molar-refractivity contribution in [2.75, 3.05) is 7.11 Å². The molecule has 0 spiro atoms. The summed E-state index contributed by atoms with van der Waals surface area (Å²) in [5.74, 6) is 0.577. The molecule has 2 atom stereocenters. The van der Waals surface area contributed by atoms with Crippen LogP contribution in [0.1, 0.15) is 27.7 Å². The van der Waals surface area contributed by atoms with E-state index in [0.717, 1.165) is 22.5 Å². The van der Waals surface area contributed by atoms with Crippen LogP contribution in [0.15, 0.2) is 53.7 Å². The van der Waals surface area contributed by atoms with Gasteiger partial charge in [-0.3, -0.25) is 9.36 Å². The first-order valence-electron chi connectivity index (χ1n) is 9.81. The number of rotatable bonds is 7. The maximum absolute atomic E-state index is 12.8. The molecule has 1 N–H and O–H groups in total. The van der Waals surface area contributed by atoms with Crippen LogP contribution in [0, 0.1) is 17.2 Å². The number of nitrogens with zero attached hydrogens (tertiary/aromatic N) is 3. The Morgan fingerprint density at radius 1 is 1.20 bits per heavy atom. The van der Waals surface area contributed by atoms with Crippen LogP contribution in [-0.2, 0) is 4.79 Å². The highest BCUT2D eigenvalue weighted by Crippen LogP contribution is 2.31. The molecule has 0 radical (unpaired) electrons. The third-order valence-corrected chi connectivity index (χ3v) is 6.33. The zero-order valence-corrected chi connectivity index (χ0v) is 18.7. The number of aromatic nitrogens is 2. The van der Waals surface area contributed by atoms with Gasteiger partial charge in [-0.05, 0) is 56.2 Å². The van der Waals surface area contributed by atoms with E-state index in [-0.39, 0.29) is 11.8 Å². The van der Waals surface area contributed by atoms with Gasteiger partial charge in [-0.1, -0.05) is 37.7 Å². The SMILES string of the molecule is COc1ccc(-n2c(SC(C)C(=O)NC(C)(C#N)C(C)C)nc3ccccc32)cc1. The summed E-state index contributed by atoms with van der Waals surface area (Å²) >= 11 is 1.37. The first-order chi connectivity index (χ1) is 14.3. The third-order valence-electron chi connectivity index (χ3n) is 5.28. The molecule has 0 fully saturated rings. The smallest absolute Gasteiger partial charge is 0.234 e. The number of carbonyl (C=O) groups is 1. The number of nitriles is 1. The Labute approximate surface area is 181 Å². The van der Waals surface area contributed by atoms with Gasteiger partial charge in [0.1, 0.15) is 11.3 Å². The lowest BCUT2D eigenvalue weighted by molar-refractivity contribution is -0.121. The number of hydrogen-bond donors (Lipinski definition) is 1. The normalized spacial score (nSPS) is 14.2. The van der Waals surface area contributed by atoms with Crippen molar-refractivity contribution in [3.05, 3.63) is 48.5 Å². The Bertz CT molecular complexity index is 1080. The van der Waals surface area contributed by atoms with Crippen LogP contribution < -0.4 is 10.1 Å². The van der Waals surface area contributed by atoms with Gasteiger partial charge in [0, 0.05) is 5.69 Å². The number of ether oxygens (including phenoxy) is 1. The Balaban J connectivity index is 1.94. The van der Waals surface area contributed by atoms with Crippen molar-refractivity contribution in [3.63, 3.8) is 0 Å². The topological polar surface area (TPSA) is 79.9 Å². The third kappa shape index (κ3) is 4.29. The molecular weight excluding hydrogens is 396 g/mol. The molecule has 156 valence electrons. The maximum Gasteiger partial charge on any atom is 0.234 e. The van der Waals surface area contributed by atoms with Crippen molar-refractivity contribution in [1.29, 1.82) is 5.26 Å². The number of benzene rings is 2. The molecular formula is C23H26N4O2S. The van der Waals surface area contributed by atoms with Crippen LogP contribution in [0.25, 0.3) is 16.7 Å². The molecule has 2 unspecified atom stereocenters.